The number of nitrogens with two attached hydrogens (primary N) is 2. The van der Waals surface area contributed by atoms with Crippen molar-refractivity contribution in [3.05, 3.63) is 84.8 Å². The average molecular weight is 563 g/mol. The molecule has 0 aliphatic carbocycles. The van der Waals surface area contributed by atoms with Gasteiger partial charge in [-0.05, 0) is 55.8 Å². The van der Waals surface area contributed by atoms with Crippen molar-refractivity contribution < 1.29 is 9.59 Å². The first kappa shape index (κ1) is 26.8. The van der Waals surface area contributed by atoms with E-state index in [-0.39, 0.29) is 24.4 Å². The van der Waals surface area contributed by atoms with Crippen LogP contribution in [0, 0.1) is 0 Å². The Morgan fingerprint density at radius 1 is 0.929 bits per heavy atom. The van der Waals surface area contributed by atoms with Gasteiger partial charge in [0.15, 0.2) is 5.65 Å². The highest BCUT2D eigenvalue weighted by atomic mass is 16.2. The second-order valence-corrected chi connectivity index (χ2v) is 10.2. The molecule has 212 valence electrons. The van der Waals surface area contributed by atoms with Crippen LogP contribution < -0.4 is 22.1 Å². The predicted molar refractivity (Wildman–Crippen MR) is 162 cm³/mol. The monoisotopic (exact) mass is 562 g/mol. The fourth-order valence-electron chi connectivity index (χ4n) is 5.23. The molecule has 5 aromatic rings. The first-order chi connectivity index (χ1) is 20.5. The number of rotatable bonds is 7. The number of benzene rings is 2. The van der Waals surface area contributed by atoms with E-state index in [4.69, 9.17) is 16.6 Å². The third-order valence-corrected chi connectivity index (χ3v) is 7.27. The zero-order valence-corrected chi connectivity index (χ0v) is 22.8. The second kappa shape index (κ2) is 11.6. The second-order valence-electron chi connectivity index (χ2n) is 10.2. The number of nitrogens with one attached hydrogen (secondary N) is 2. The molecule has 0 radical (unpaired) electrons. The Kier molecular flexibility index (Phi) is 7.43. The highest BCUT2D eigenvalue weighted by molar-refractivity contribution is 6.04. The number of nitrogens with zero attached hydrogens (tertiary/aromatic N) is 6. The van der Waals surface area contributed by atoms with Gasteiger partial charge in [-0.25, -0.2) is 19.6 Å². The van der Waals surface area contributed by atoms with E-state index in [2.05, 4.69) is 30.5 Å². The molecule has 12 nitrogen and oxygen atoms in total. The number of nitrogen functional groups attached to an aromatic ring is 2. The van der Waals surface area contributed by atoms with Gasteiger partial charge in [0, 0.05) is 23.9 Å². The number of likely N-dealkylation sites (tertiary alicyclic amines) is 1. The number of aromatic nitrogens is 5. The van der Waals surface area contributed by atoms with Crippen molar-refractivity contribution in [2.45, 2.75) is 18.9 Å². The summed E-state index contributed by atoms with van der Waals surface area (Å²) in [6, 6.07) is 19.6. The van der Waals surface area contributed by atoms with Crippen LogP contribution in [0.15, 0.2) is 79.3 Å². The minimum Gasteiger partial charge on any atom is -0.397 e. The summed E-state index contributed by atoms with van der Waals surface area (Å²) in [5.74, 6) is 0.410. The standard InChI is InChI=1S/C30H30N10O2/c31-22-7-1-2-8-23(22)36-25(41)17-39-15-5-6-21(16-39)40-29-26(28(32)34-18-35-29)27(38-40)19-10-12-20(13-11-19)30(42)37-24-9-3-4-14-33-24/h1-4,7-14,18,21H,5-6,15-17,31H2,(H,36,41)(H2,32,34,35)(H,33,37,42). The lowest BCUT2D eigenvalue weighted by atomic mass is 10.1. The smallest absolute Gasteiger partial charge is 0.256 e. The Morgan fingerprint density at radius 3 is 2.52 bits per heavy atom. The lowest BCUT2D eigenvalue weighted by molar-refractivity contribution is -0.117. The van der Waals surface area contributed by atoms with Gasteiger partial charge < -0.3 is 22.1 Å². The van der Waals surface area contributed by atoms with Crippen LogP contribution in [-0.2, 0) is 4.79 Å². The molecule has 6 N–H and O–H groups in total. The molecule has 1 atom stereocenters. The Bertz CT molecular complexity index is 1740. The van der Waals surface area contributed by atoms with Crippen LogP contribution in [-0.4, -0.2) is 61.1 Å². The van der Waals surface area contributed by atoms with Crippen molar-refractivity contribution in [2.24, 2.45) is 0 Å². The fraction of sp³-hybridized carbons (Fsp3) is 0.200. The summed E-state index contributed by atoms with van der Waals surface area (Å²) in [7, 11) is 0. The van der Waals surface area contributed by atoms with Gasteiger partial charge >= 0.3 is 0 Å². The van der Waals surface area contributed by atoms with E-state index in [9.17, 15) is 9.59 Å². The van der Waals surface area contributed by atoms with E-state index < -0.39 is 0 Å². The van der Waals surface area contributed by atoms with E-state index in [0.29, 0.717) is 51.8 Å². The third-order valence-electron chi connectivity index (χ3n) is 7.27. The average Bonchev–Trinajstić information content (AvgIpc) is 3.40. The van der Waals surface area contributed by atoms with Crippen molar-refractivity contribution in [3.8, 4) is 11.3 Å². The van der Waals surface area contributed by atoms with Crippen molar-refractivity contribution in [1.82, 2.24) is 29.6 Å². The third kappa shape index (κ3) is 5.60. The fourth-order valence-corrected chi connectivity index (χ4v) is 5.23. The van der Waals surface area contributed by atoms with Gasteiger partial charge in [-0.3, -0.25) is 14.5 Å². The minimum atomic E-state index is -0.264. The normalized spacial score (nSPS) is 15.4. The highest BCUT2D eigenvalue weighted by Gasteiger charge is 2.27. The van der Waals surface area contributed by atoms with Gasteiger partial charge in [-0.1, -0.05) is 30.3 Å². The number of amides is 2. The molecule has 0 spiro atoms. The van der Waals surface area contributed by atoms with Crippen LogP contribution in [0.2, 0.25) is 0 Å². The molecule has 42 heavy (non-hydrogen) atoms. The quantitative estimate of drug-likeness (QED) is 0.217. The maximum Gasteiger partial charge on any atom is 0.256 e. The Labute approximate surface area is 241 Å². The summed E-state index contributed by atoms with van der Waals surface area (Å²) in [6.45, 7) is 1.64. The lowest BCUT2D eigenvalue weighted by Gasteiger charge is -2.32. The number of piperidine rings is 1. The van der Waals surface area contributed by atoms with Crippen molar-refractivity contribution in [1.29, 1.82) is 0 Å². The zero-order chi connectivity index (χ0) is 29.1. The molecule has 0 bridgehead atoms. The number of hydrogen-bond acceptors (Lipinski definition) is 9. The number of fused-ring (bicyclic) bond motifs is 1. The van der Waals surface area contributed by atoms with E-state index in [1.165, 1.54) is 6.33 Å². The number of carbonyl (C=O) groups is 2. The molecule has 1 aliphatic rings. The summed E-state index contributed by atoms with van der Waals surface area (Å²) in [5.41, 5.74) is 16.0. The van der Waals surface area contributed by atoms with E-state index in [1.807, 2.05) is 28.9 Å². The van der Waals surface area contributed by atoms with Gasteiger partial charge in [0.1, 0.15) is 23.7 Å². The van der Waals surface area contributed by atoms with Crippen LogP contribution in [0.3, 0.4) is 0 Å². The molecule has 6 rings (SSSR count). The molecule has 12 heteroatoms. The maximum atomic E-state index is 12.8. The first-order valence-electron chi connectivity index (χ1n) is 13.6. The van der Waals surface area contributed by atoms with Crippen LogP contribution in [0.25, 0.3) is 22.3 Å². The Morgan fingerprint density at radius 2 is 1.74 bits per heavy atom. The van der Waals surface area contributed by atoms with Gasteiger partial charge in [-0.2, -0.15) is 5.10 Å². The molecule has 4 heterocycles. The molecular weight excluding hydrogens is 532 g/mol. The molecule has 2 aromatic carbocycles. The van der Waals surface area contributed by atoms with Crippen LogP contribution in [0.4, 0.5) is 23.0 Å². The van der Waals surface area contributed by atoms with Gasteiger partial charge in [-0.15, -0.1) is 0 Å². The summed E-state index contributed by atoms with van der Waals surface area (Å²) in [4.78, 5) is 40.5. The summed E-state index contributed by atoms with van der Waals surface area (Å²) >= 11 is 0. The van der Waals surface area contributed by atoms with Crippen molar-refractivity contribution >= 4 is 45.9 Å². The van der Waals surface area contributed by atoms with E-state index in [0.717, 1.165) is 24.9 Å². The molecule has 1 fully saturated rings. The Balaban J connectivity index is 1.22. The number of para-hydroxylation sites is 2. The lowest BCUT2D eigenvalue weighted by Crippen LogP contribution is -2.41. The molecule has 3 aromatic heterocycles. The summed E-state index contributed by atoms with van der Waals surface area (Å²) < 4.78 is 1.89. The van der Waals surface area contributed by atoms with E-state index in [1.54, 1.807) is 48.7 Å². The van der Waals surface area contributed by atoms with Crippen molar-refractivity contribution in [3.63, 3.8) is 0 Å². The molecule has 1 saturated heterocycles. The molecule has 0 saturated carbocycles. The summed E-state index contributed by atoms with van der Waals surface area (Å²) in [6.07, 6.45) is 4.82. The predicted octanol–water partition coefficient (Wildman–Crippen LogP) is 3.58. The van der Waals surface area contributed by atoms with Crippen LogP contribution >= 0.6 is 0 Å². The van der Waals surface area contributed by atoms with Gasteiger partial charge in [0.2, 0.25) is 5.91 Å². The van der Waals surface area contributed by atoms with Gasteiger partial charge in [0.05, 0.1) is 29.3 Å². The molecule has 1 aliphatic heterocycles. The number of hydrogen-bond donors (Lipinski definition) is 4. The van der Waals surface area contributed by atoms with Crippen LogP contribution in [0.1, 0.15) is 29.2 Å². The zero-order valence-electron chi connectivity index (χ0n) is 22.8. The number of anilines is 4. The topological polar surface area (TPSA) is 170 Å². The summed E-state index contributed by atoms with van der Waals surface area (Å²) in [5, 5.41) is 11.3. The number of pyridine rings is 1. The van der Waals surface area contributed by atoms with Crippen molar-refractivity contribution in [2.75, 3.05) is 41.7 Å². The Hall–Kier alpha value is -5.36. The molecule has 2 amide bonds. The molecule has 1 unspecified atom stereocenters. The first-order valence-corrected chi connectivity index (χ1v) is 13.6. The number of carbonyl (C=O) groups excluding carboxylic acids is 2. The van der Waals surface area contributed by atoms with Crippen LogP contribution in [0.5, 0.6) is 0 Å². The largest absolute Gasteiger partial charge is 0.397 e. The SMILES string of the molecule is Nc1ccccc1NC(=O)CN1CCCC(n2nc(-c3ccc(C(=O)Nc4ccccn4)cc3)c3c(N)ncnc32)C1. The molecular formula is C30H30N10O2. The van der Waals surface area contributed by atoms with E-state index >= 15 is 0 Å². The maximum absolute atomic E-state index is 12.8. The van der Waals surface area contributed by atoms with Gasteiger partial charge in [0.25, 0.3) is 5.91 Å². The highest BCUT2D eigenvalue weighted by Crippen LogP contribution is 2.34. The minimum absolute atomic E-state index is 0.0256.